The Kier molecular flexibility index (Phi) is 4.14. The smallest absolute Gasteiger partial charge is 0.309 e. The molecule has 1 rings (SSSR count). The first-order valence-electron chi connectivity index (χ1n) is 5.89. The summed E-state index contributed by atoms with van der Waals surface area (Å²) in [7, 11) is 3.20. The van der Waals surface area contributed by atoms with Crippen LogP contribution in [0.25, 0.3) is 0 Å². The van der Waals surface area contributed by atoms with Crippen LogP contribution in [0.1, 0.15) is 20.8 Å². The molecule has 0 bridgehead atoms. The van der Waals surface area contributed by atoms with Gasteiger partial charge in [0.15, 0.2) is 0 Å². The summed E-state index contributed by atoms with van der Waals surface area (Å²) in [5.74, 6) is -0.344. The highest BCUT2D eigenvalue weighted by Gasteiger charge is 2.41. The molecule has 1 heterocycles. The van der Waals surface area contributed by atoms with Gasteiger partial charge in [-0.3, -0.25) is 14.5 Å². The van der Waals surface area contributed by atoms with Crippen LogP contribution in [0.2, 0.25) is 0 Å². The van der Waals surface area contributed by atoms with E-state index in [1.165, 1.54) is 7.11 Å². The number of amides is 1. The second-order valence-electron chi connectivity index (χ2n) is 5.16. The van der Waals surface area contributed by atoms with Crippen molar-refractivity contribution >= 4 is 11.9 Å². The third kappa shape index (κ3) is 2.77. The van der Waals surface area contributed by atoms with Crippen molar-refractivity contribution in [3.05, 3.63) is 0 Å². The van der Waals surface area contributed by atoms with E-state index in [4.69, 9.17) is 4.74 Å². The number of carbonyl (C=O) groups is 2. The van der Waals surface area contributed by atoms with E-state index in [-0.39, 0.29) is 17.8 Å². The van der Waals surface area contributed by atoms with E-state index < -0.39 is 5.54 Å². The van der Waals surface area contributed by atoms with Gasteiger partial charge in [0, 0.05) is 26.7 Å². The molecule has 17 heavy (non-hydrogen) atoms. The molecule has 1 fully saturated rings. The van der Waals surface area contributed by atoms with Crippen molar-refractivity contribution in [1.29, 1.82) is 0 Å². The predicted octanol–water partition coefficient (Wildman–Crippen LogP) is 0.348. The van der Waals surface area contributed by atoms with E-state index in [1.54, 1.807) is 4.90 Å². The number of esters is 1. The Morgan fingerprint density at radius 2 is 2.06 bits per heavy atom. The number of nitrogens with zero attached hydrogens (tertiary/aromatic N) is 2. The summed E-state index contributed by atoms with van der Waals surface area (Å²) < 4.78 is 4.71. The van der Waals surface area contributed by atoms with Gasteiger partial charge in [0.05, 0.1) is 18.6 Å². The lowest BCUT2D eigenvalue weighted by molar-refractivity contribution is -0.152. The van der Waals surface area contributed by atoms with E-state index in [0.29, 0.717) is 13.1 Å². The Balaban J connectivity index is 2.72. The Hall–Kier alpha value is -1.10. The van der Waals surface area contributed by atoms with Crippen molar-refractivity contribution in [3.8, 4) is 0 Å². The molecule has 98 valence electrons. The summed E-state index contributed by atoms with van der Waals surface area (Å²) in [6.45, 7) is 7.67. The van der Waals surface area contributed by atoms with Crippen LogP contribution in [0.5, 0.6) is 0 Å². The topological polar surface area (TPSA) is 49.9 Å². The molecule has 1 aliphatic rings. The lowest BCUT2D eigenvalue weighted by Gasteiger charge is -2.45. The van der Waals surface area contributed by atoms with Crippen molar-refractivity contribution in [1.82, 2.24) is 9.80 Å². The average molecular weight is 242 g/mol. The number of carbonyl (C=O) groups excluding carboxylic acids is 2. The van der Waals surface area contributed by atoms with Crippen molar-refractivity contribution < 1.29 is 14.3 Å². The lowest BCUT2D eigenvalue weighted by atomic mass is 9.96. The van der Waals surface area contributed by atoms with Crippen LogP contribution in [0, 0.1) is 5.92 Å². The van der Waals surface area contributed by atoms with Crippen molar-refractivity contribution in [2.24, 2.45) is 5.92 Å². The molecule has 1 saturated heterocycles. The van der Waals surface area contributed by atoms with Gasteiger partial charge in [-0.1, -0.05) is 6.92 Å². The third-order valence-corrected chi connectivity index (χ3v) is 3.46. The number of hydrogen-bond donors (Lipinski definition) is 0. The monoisotopic (exact) mass is 242 g/mol. The third-order valence-electron chi connectivity index (χ3n) is 3.46. The van der Waals surface area contributed by atoms with Crippen LogP contribution >= 0.6 is 0 Å². The van der Waals surface area contributed by atoms with Crippen molar-refractivity contribution in [2.45, 2.75) is 26.3 Å². The number of hydrogen-bond acceptors (Lipinski definition) is 4. The standard InChI is InChI=1S/C12H22N2O3/c1-9(10(15)17-5)8-14-7-6-13(4)11(16)12(14,2)3/h9H,6-8H2,1-5H3. The Bertz CT molecular complexity index is 315. The summed E-state index contributed by atoms with van der Waals surface area (Å²) in [5, 5.41) is 0. The summed E-state index contributed by atoms with van der Waals surface area (Å²) in [6.07, 6.45) is 0. The minimum Gasteiger partial charge on any atom is -0.469 e. The molecule has 5 heteroatoms. The SMILES string of the molecule is COC(=O)C(C)CN1CCN(C)C(=O)C1(C)C. The van der Waals surface area contributed by atoms with Crippen molar-refractivity contribution in [3.63, 3.8) is 0 Å². The van der Waals surface area contributed by atoms with Crippen LogP contribution in [0.15, 0.2) is 0 Å². The van der Waals surface area contributed by atoms with Crippen LogP contribution in [0.3, 0.4) is 0 Å². The average Bonchev–Trinajstić information content (AvgIpc) is 2.29. The molecule has 0 saturated carbocycles. The number of rotatable bonds is 3. The van der Waals surface area contributed by atoms with Crippen molar-refractivity contribution in [2.75, 3.05) is 33.8 Å². The number of likely N-dealkylation sites (N-methyl/N-ethyl adjacent to an activating group) is 1. The maximum atomic E-state index is 12.0. The van der Waals surface area contributed by atoms with Crippen LogP contribution < -0.4 is 0 Å². The minimum atomic E-state index is -0.546. The minimum absolute atomic E-state index is 0.0980. The van der Waals surface area contributed by atoms with Gasteiger partial charge in [0.1, 0.15) is 0 Å². The van der Waals surface area contributed by atoms with Gasteiger partial charge in [-0.05, 0) is 13.8 Å². The van der Waals surface area contributed by atoms with E-state index in [2.05, 4.69) is 4.90 Å². The van der Waals surface area contributed by atoms with Gasteiger partial charge in [-0.25, -0.2) is 0 Å². The summed E-state index contributed by atoms with van der Waals surface area (Å²) in [5.41, 5.74) is -0.546. The normalized spacial score (nSPS) is 22.4. The van der Waals surface area contributed by atoms with Gasteiger partial charge in [-0.2, -0.15) is 0 Å². The first kappa shape index (κ1) is 14.0. The molecule has 0 aliphatic carbocycles. The van der Waals surface area contributed by atoms with E-state index >= 15 is 0 Å². The predicted molar refractivity (Wildman–Crippen MR) is 64.5 cm³/mol. The number of piperazine rings is 1. The zero-order valence-electron chi connectivity index (χ0n) is 11.3. The highest BCUT2D eigenvalue weighted by Crippen LogP contribution is 2.22. The fraction of sp³-hybridized carbons (Fsp3) is 0.833. The zero-order chi connectivity index (χ0) is 13.2. The van der Waals surface area contributed by atoms with E-state index in [0.717, 1.165) is 6.54 Å². The summed E-state index contributed by atoms with van der Waals surface area (Å²) in [6, 6.07) is 0. The van der Waals surface area contributed by atoms with Gasteiger partial charge in [0.25, 0.3) is 0 Å². The summed E-state index contributed by atoms with van der Waals surface area (Å²) in [4.78, 5) is 27.2. The molecule has 1 atom stereocenters. The molecule has 5 nitrogen and oxygen atoms in total. The summed E-state index contributed by atoms with van der Waals surface area (Å²) >= 11 is 0. The molecule has 0 N–H and O–H groups in total. The number of methoxy groups -OCH3 is 1. The second kappa shape index (κ2) is 5.04. The van der Waals surface area contributed by atoms with Gasteiger partial charge < -0.3 is 9.64 Å². The molecule has 1 amide bonds. The first-order valence-corrected chi connectivity index (χ1v) is 5.89. The molecule has 0 aromatic carbocycles. The molecule has 1 unspecified atom stereocenters. The lowest BCUT2D eigenvalue weighted by Crippen LogP contribution is -2.62. The highest BCUT2D eigenvalue weighted by molar-refractivity contribution is 5.86. The molecule has 0 aromatic heterocycles. The second-order valence-corrected chi connectivity index (χ2v) is 5.16. The van der Waals surface area contributed by atoms with Crippen LogP contribution in [0.4, 0.5) is 0 Å². The molecule has 0 aromatic rings. The Morgan fingerprint density at radius 1 is 1.47 bits per heavy atom. The zero-order valence-corrected chi connectivity index (χ0v) is 11.3. The van der Waals surface area contributed by atoms with Gasteiger partial charge in [0.2, 0.25) is 5.91 Å². The largest absolute Gasteiger partial charge is 0.469 e. The van der Waals surface area contributed by atoms with Crippen LogP contribution in [-0.4, -0.2) is 61.0 Å². The fourth-order valence-corrected chi connectivity index (χ4v) is 2.18. The molecular formula is C12H22N2O3. The van der Waals surface area contributed by atoms with E-state index in [9.17, 15) is 9.59 Å². The number of ether oxygens (including phenoxy) is 1. The first-order chi connectivity index (χ1) is 7.80. The van der Waals surface area contributed by atoms with Gasteiger partial charge in [-0.15, -0.1) is 0 Å². The molecule has 0 spiro atoms. The maximum Gasteiger partial charge on any atom is 0.309 e. The highest BCUT2D eigenvalue weighted by atomic mass is 16.5. The Morgan fingerprint density at radius 3 is 2.59 bits per heavy atom. The molecule has 0 radical (unpaired) electrons. The van der Waals surface area contributed by atoms with E-state index in [1.807, 2.05) is 27.8 Å². The fourth-order valence-electron chi connectivity index (χ4n) is 2.18. The molecular weight excluding hydrogens is 220 g/mol. The Labute approximate surface area is 103 Å². The molecule has 1 aliphatic heterocycles. The maximum absolute atomic E-state index is 12.0. The van der Waals surface area contributed by atoms with Gasteiger partial charge >= 0.3 is 5.97 Å². The van der Waals surface area contributed by atoms with Crippen LogP contribution in [-0.2, 0) is 14.3 Å². The quantitative estimate of drug-likeness (QED) is 0.670.